The van der Waals surface area contributed by atoms with Gasteiger partial charge in [0.2, 0.25) is 0 Å². The van der Waals surface area contributed by atoms with Gasteiger partial charge in [-0.2, -0.15) is 13.2 Å². The molecule has 5 nitrogen and oxygen atoms in total. The number of aromatic nitrogens is 1. The van der Waals surface area contributed by atoms with Crippen molar-refractivity contribution in [2.75, 3.05) is 17.2 Å². The van der Waals surface area contributed by atoms with E-state index in [4.69, 9.17) is 4.74 Å². The molecule has 0 fully saturated rings. The van der Waals surface area contributed by atoms with Crippen LogP contribution >= 0.6 is 11.3 Å². The number of anilines is 3. The Balaban J connectivity index is 1.81. The molecule has 2 heterocycles. The maximum atomic E-state index is 13.2. The molecule has 0 aliphatic carbocycles. The number of hydrogen-bond acceptors (Lipinski definition) is 5. The fourth-order valence-electron chi connectivity index (χ4n) is 2.72. The third kappa shape index (κ3) is 3.59. The molecule has 3 aromatic rings. The number of halogens is 3. The third-order valence-corrected chi connectivity index (χ3v) is 4.63. The molecule has 0 bridgehead atoms. The summed E-state index contributed by atoms with van der Waals surface area (Å²) in [5, 5.41) is 8.03. The summed E-state index contributed by atoms with van der Waals surface area (Å²) in [6, 6.07) is 8.32. The summed E-state index contributed by atoms with van der Waals surface area (Å²) in [6.45, 7) is -0.0905. The van der Waals surface area contributed by atoms with Gasteiger partial charge in [-0.05, 0) is 35.9 Å². The molecule has 0 radical (unpaired) electrons. The minimum atomic E-state index is -4.47. The number of rotatable bonds is 3. The third-order valence-electron chi connectivity index (χ3n) is 3.94. The van der Waals surface area contributed by atoms with Gasteiger partial charge in [0.05, 0.1) is 11.3 Å². The zero-order chi connectivity index (χ0) is 19.0. The van der Waals surface area contributed by atoms with Crippen molar-refractivity contribution in [1.82, 2.24) is 4.98 Å². The van der Waals surface area contributed by atoms with E-state index in [9.17, 15) is 18.0 Å². The molecule has 138 valence electrons. The number of hydrogen-bond donors (Lipinski definition) is 2. The summed E-state index contributed by atoms with van der Waals surface area (Å²) in [5.74, 6) is 0.157. The van der Waals surface area contributed by atoms with Crippen molar-refractivity contribution in [2.24, 2.45) is 0 Å². The molecule has 1 amide bonds. The molecule has 1 aromatic heterocycles. The topological polar surface area (TPSA) is 63.2 Å². The van der Waals surface area contributed by atoms with Crippen molar-refractivity contribution in [3.05, 3.63) is 53.5 Å². The molecule has 2 aromatic carbocycles. The van der Waals surface area contributed by atoms with Crippen LogP contribution in [0.15, 0.2) is 48.0 Å². The fourth-order valence-corrected chi connectivity index (χ4v) is 3.26. The fraction of sp³-hybridized carbons (Fsp3) is 0.111. The zero-order valence-electron chi connectivity index (χ0n) is 13.6. The second-order valence-electron chi connectivity index (χ2n) is 5.77. The molecule has 4 rings (SSSR count). The van der Waals surface area contributed by atoms with Crippen molar-refractivity contribution in [1.29, 1.82) is 0 Å². The minimum absolute atomic E-state index is 0.0905. The van der Waals surface area contributed by atoms with Crippen LogP contribution in [-0.2, 0) is 11.0 Å². The van der Waals surface area contributed by atoms with E-state index < -0.39 is 11.7 Å². The predicted octanol–water partition coefficient (Wildman–Crippen LogP) is 4.90. The van der Waals surface area contributed by atoms with Crippen LogP contribution in [0, 0.1) is 0 Å². The van der Waals surface area contributed by atoms with Crippen molar-refractivity contribution in [2.45, 2.75) is 6.18 Å². The van der Waals surface area contributed by atoms with Crippen LogP contribution in [0.3, 0.4) is 0 Å². The van der Waals surface area contributed by atoms with Crippen LogP contribution in [0.25, 0.3) is 11.1 Å². The first kappa shape index (κ1) is 17.3. The van der Waals surface area contributed by atoms with Gasteiger partial charge in [0.1, 0.15) is 5.75 Å². The Morgan fingerprint density at radius 3 is 2.78 bits per heavy atom. The number of carbonyl (C=O) groups excluding carboxylic acids is 1. The lowest BCUT2D eigenvalue weighted by Gasteiger charge is -2.20. The number of ether oxygens (including phenoxy) is 1. The lowest BCUT2D eigenvalue weighted by Crippen LogP contribution is -2.25. The largest absolute Gasteiger partial charge is 0.482 e. The maximum absolute atomic E-state index is 13.2. The van der Waals surface area contributed by atoms with Gasteiger partial charge < -0.3 is 15.4 Å². The first-order chi connectivity index (χ1) is 12.9. The monoisotopic (exact) mass is 391 g/mol. The molecule has 0 spiro atoms. The van der Waals surface area contributed by atoms with Crippen molar-refractivity contribution in [3.63, 3.8) is 0 Å². The standard InChI is InChI=1S/C18H12F3N3O2S/c19-18(20,21)11-2-3-13(24-17-22-5-6-27-17)12(8-11)10-1-4-15-14(7-10)23-16(25)9-26-15/h1-8H,9H2,(H,22,24)(H,23,25). The summed E-state index contributed by atoms with van der Waals surface area (Å²) < 4.78 is 44.9. The van der Waals surface area contributed by atoms with Crippen LogP contribution in [0.1, 0.15) is 5.56 Å². The zero-order valence-corrected chi connectivity index (χ0v) is 14.4. The van der Waals surface area contributed by atoms with E-state index in [0.717, 1.165) is 12.1 Å². The highest BCUT2D eigenvalue weighted by Gasteiger charge is 2.31. The summed E-state index contributed by atoms with van der Waals surface area (Å²) in [4.78, 5) is 15.6. The molecular weight excluding hydrogens is 379 g/mol. The number of nitrogens with one attached hydrogen (secondary N) is 2. The van der Waals surface area contributed by atoms with E-state index in [1.807, 2.05) is 0 Å². The number of alkyl halides is 3. The van der Waals surface area contributed by atoms with E-state index in [-0.39, 0.29) is 12.5 Å². The molecule has 1 aliphatic rings. The van der Waals surface area contributed by atoms with Gasteiger partial charge in [0, 0.05) is 22.8 Å². The Bertz CT molecular complexity index is 1000. The van der Waals surface area contributed by atoms with E-state index in [2.05, 4.69) is 15.6 Å². The summed E-state index contributed by atoms with van der Waals surface area (Å²) in [5.41, 5.74) is 0.967. The van der Waals surface area contributed by atoms with Crippen LogP contribution < -0.4 is 15.4 Å². The molecule has 1 aliphatic heterocycles. The number of thiazole rings is 1. The normalized spacial score (nSPS) is 13.5. The van der Waals surface area contributed by atoms with Gasteiger partial charge in [0.15, 0.2) is 11.7 Å². The Labute approximate surface area is 155 Å². The van der Waals surface area contributed by atoms with Gasteiger partial charge in [0.25, 0.3) is 5.91 Å². The summed E-state index contributed by atoms with van der Waals surface area (Å²) in [6.07, 6.45) is -2.87. The van der Waals surface area contributed by atoms with Crippen molar-refractivity contribution >= 4 is 33.8 Å². The number of nitrogens with zero attached hydrogens (tertiary/aromatic N) is 1. The highest BCUT2D eigenvalue weighted by atomic mass is 32.1. The van der Waals surface area contributed by atoms with Crippen molar-refractivity contribution < 1.29 is 22.7 Å². The molecule has 0 unspecified atom stereocenters. The Hall–Kier alpha value is -3.07. The van der Waals surface area contributed by atoms with Gasteiger partial charge in [-0.3, -0.25) is 4.79 Å². The number of fused-ring (bicyclic) bond motifs is 1. The molecule has 2 N–H and O–H groups in total. The number of benzene rings is 2. The molecule has 0 atom stereocenters. The van der Waals surface area contributed by atoms with Gasteiger partial charge in [-0.1, -0.05) is 6.07 Å². The van der Waals surface area contributed by atoms with E-state index in [0.29, 0.717) is 33.4 Å². The van der Waals surface area contributed by atoms with Crippen LogP contribution in [0.4, 0.5) is 29.7 Å². The maximum Gasteiger partial charge on any atom is 0.416 e. The van der Waals surface area contributed by atoms with Crippen LogP contribution in [0.5, 0.6) is 5.75 Å². The molecular formula is C18H12F3N3O2S. The molecule has 27 heavy (non-hydrogen) atoms. The molecule has 0 saturated carbocycles. The van der Waals surface area contributed by atoms with Crippen LogP contribution in [-0.4, -0.2) is 17.5 Å². The number of carbonyl (C=O) groups is 1. The Morgan fingerprint density at radius 2 is 2.04 bits per heavy atom. The van der Waals surface area contributed by atoms with Gasteiger partial charge >= 0.3 is 6.18 Å². The second kappa shape index (κ2) is 6.58. The highest BCUT2D eigenvalue weighted by molar-refractivity contribution is 7.13. The second-order valence-corrected chi connectivity index (χ2v) is 6.66. The Kier molecular flexibility index (Phi) is 4.23. The molecule has 0 saturated heterocycles. The quantitative estimate of drug-likeness (QED) is 0.666. The van der Waals surface area contributed by atoms with Crippen LogP contribution in [0.2, 0.25) is 0 Å². The predicted molar refractivity (Wildman–Crippen MR) is 96.4 cm³/mol. The average Bonchev–Trinajstić information content (AvgIpc) is 3.13. The van der Waals surface area contributed by atoms with E-state index in [1.54, 1.807) is 29.8 Å². The van der Waals surface area contributed by atoms with Gasteiger partial charge in [-0.15, -0.1) is 11.3 Å². The van der Waals surface area contributed by atoms with E-state index >= 15 is 0 Å². The Morgan fingerprint density at radius 1 is 1.19 bits per heavy atom. The van der Waals surface area contributed by atoms with E-state index in [1.165, 1.54) is 17.4 Å². The lowest BCUT2D eigenvalue weighted by molar-refractivity contribution is -0.137. The first-order valence-corrected chi connectivity index (χ1v) is 8.73. The first-order valence-electron chi connectivity index (χ1n) is 7.85. The summed E-state index contributed by atoms with van der Waals surface area (Å²) in [7, 11) is 0. The lowest BCUT2D eigenvalue weighted by atomic mass is 9.99. The number of amides is 1. The average molecular weight is 391 g/mol. The van der Waals surface area contributed by atoms with Crippen molar-refractivity contribution in [3.8, 4) is 16.9 Å². The van der Waals surface area contributed by atoms with Gasteiger partial charge in [-0.25, -0.2) is 4.98 Å². The minimum Gasteiger partial charge on any atom is -0.482 e. The smallest absolute Gasteiger partial charge is 0.416 e. The SMILES string of the molecule is O=C1COc2ccc(-c3cc(C(F)(F)F)ccc3Nc3nccs3)cc2N1. The highest BCUT2D eigenvalue weighted by Crippen LogP contribution is 2.40. The molecule has 9 heteroatoms. The summed E-state index contributed by atoms with van der Waals surface area (Å²) >= 11 is 1.33.